The average molecular weight is 318 g/mol. The lowest BCUT2D eigenvalue weighted by atomic mass is 10.2. The first-order valence-corrected chi connectivity index (χ1v) is 8.30. The summed E-state index contributed by atoms with van der Waals surface area (Å²) in [5.74, 6) is 0.530. The van der Waals surface area contributed by atoms with Gasteiger partial charge in [0.05, 0.1) is 12.0 Å². The van der Waals surface area contributed by atoms with E-state index in [2.05, 4.69) is 4.98 Å². The van der Waals surface area contributed by atoms with Crippen LogP contribution in [0.25, 0.3) is 20.7 Å². The molecule has 0 atom stereocenters. The van der Waals surface area contributed by atoms with Gasteiger partial charge in [-0.3, -0.25) is 9.36 Å². The van der Waals surface area contributed by atoms with Crippen LogP contribution in [-0.4, -0.2) is 27.0 Å². The quantitative estimate of drug-likeness (QED) is 0.594. The van der Waals surface area contributed by atoms with Gasteiger partial charge in [-0.1, -0.05) is 42.1 Å². The molecule has 0 bridgehead atoms. The summed E-state index contributed by atoms with van der Waals surface area (Å²) in [6.45, 7) is 0.0677. The highest BCUT2D eigenvalue weighted by Gasteiger charge is 2.13. The first-order chi connectivity index (χ1) is 10.2. The third-order valence-electron chi connectivity index (χ3n) is 3.11. The van der Waals surface area contributed by atoms with Gasteiger partial charge in [0.25, 0.3) is 5.56 Å². The summed E-state index contributed by atoms with van der Waals surface area (Å²) >= 11 is 2.91. The summed E-state index contributed by atoms with van der Waals surface area (Å²) in [4.78, 5) is 18.8. The van der Waals surface area contributed by atoms with Crippen LogP contribution in [0.5, 0.6) is 0 Å². The summed E-state index contributed by atoms with van der Waals surface area (Å²) in [7, 11) is 1.72. The van der Waals surface area contributed by atoms with Crippen LogP contribution in [0.2, 0.25) is 0 Å². The number of thioether (sulfide) groups is 1. The SMILES string of the molecule is Cn1c(SCCO)nc2sc(-c3ccccc3)cc2c1=O. The zero-order valence-electron chi connectivity index (χ0n) is 11.4. The van der Waals surface area contributed by atoms with Gasteiger partial charge in [-0.25, -0.2) is 4.98 Å². The minimum absolute atomic E-state index is 0.0427. The van der Waals surface area contributed by atoms with E-state index in [0.29, 0.717) is 16.3 Å². The molecule has 0 saturated carbocycles. The predicted octanol–water partition coefficient (Wildman–Crippen LogP) is 2.75. The molecule has 1 N–H and O–H groups in total. The van der Waals surface area contributed by atoms with Crippen molar-refractivity contribution in [2.24, 2.45) is 7.05 Å². The number of nitrogens with zero attached hydrogens (tertiary/aromatic N) is 2. The molecule has 0 aliphatic rings. The van der Waals surface area contributed by atoms with Crippen LogP contribution >= 0.6 is 23.1 Å². The first kappa shape index (κ1) is 14.3. The van der Waals surface area contributed by atoms with Crippen LogP contribution in [0.4, 0.5) is 0 Å². The number of hydrogen-bond donors (Lipinski definition) is 1. The van der Waals surface area contributed by atoms with Crippen molar-refractivity contribution in [1.82, 2.24) is 9.55 Å². The van der Waals surface area contributed by atoms with E-state index in [1.54, 1.807) is 11.6 Å². The van der Waals surface area contributed by atoms with Gasteiger partial charge in [0.1, 0.15) is 4.83 Å². The third-order valence-corrected chi connectivity index (χ3v) is 5.20. The maximum absolute atomic E-state index is 12.4. The molecular formula is C15H14N2O2S2. The van der Waals surface area contributed by atoms with Gasteiger partial charge >= 0.3 is 0 Å². The molecule has 4 nitrogen and oxygen atoms in total. The Balaban J connectivity index is 2.13. The van der Waals surface area contributed by atoms with Crippen molar-refractivity contribution in [2.45, 2.75) is 5.16 Å². The number of aromatic nitrogens is 2. The highest BCUT2D eigenvalue weighted by molar-refractivity contribution is 7.99. The van der Waals surface area contributed by atoms with Crippen molar-refractivity contribution in [3.8, 4) is 10.4 Å². The van der Waals surface area contributed by atoms with Crippen LogP contribution in [0, 0.1) is 0 Å². The number of thiophene rings is 1. The lowest BCUT2D eigenvalue weighted by Gasteiger charge is -2.05. The van der Waals surface area contributed by atoms with Gasteiger partial charge in [-0.2, -0.15) is 0 Å². The fourth-order valence-corrected chi connectivity index (χ4v) is 3.85. The summed E-state index contributed by atoms with van der Waals surface area (Å²) in [5.41, 5.74) is 1.05. The van der Waals surface area contributed by atoms with E-state index in [1.165, 1.54) is 23.1 Å². The lowest BCUT2D eigenvalue weighted by molar-refractivity contribution is 0.322. The Hall–Kier alpha value is -1.63. The maximum Gasteiger partial charge on any atom is 0.262 e. The predicted molar refractivity (Wildman–Crippen MR) is 88.1 cm³/mol. The molecule has 2 heterocycles. The summed E-state index contributed by atoms with van der Waals surface area (Å²) in [6.07, 6.45) is 0. The number of benzene rings is 1. The molecule has 3 aromatic rings. The molecule has 2 aromatic heterocycles. The van der Waals surface area contributed by atoms with E-state index >= 15 is 0 Å². The zero-order valence-corrected chi connectivity index (χ0v) is 13.1. The number of hydrogen-bond acceptors (Lipinski definition) is 5. The van der Waals surface area contributed by atoms with E-state index in [4.69, 9.17) is 5.11 Å². The third kappa shape index (κ3) is 2.74. The van der Waals surface area contributed by atoms with Gasteiger partial charge in [0, 0.05) is 17.7 Å². The second-order valence-electron chi connectivity index (χ2n) is 4.53. The number of fused-ring (bicyclic) bond motifs is 1. The Bertz CT molecular complexity index is 825. The Morgan fingerprint density at radius 1 is 1.33 bits per heavy atom. The second-order valence-corrected chi connectivity index (χ2v) is 6.62. The Morgan fingerprint density at radius 3 is 2.81 bits per heavy atom. The van der Waals surface area contributed by atoms with Crippen LogP contribution in [0.3, 0.4) is 0 Å². The molecule has 1 aromatic carbocycles. The monoisotopic (exact) mass is 318 g/mol. The van der Waals surface area contributed by atoms with E-state index in [1.807, 2.05) is 36.4 Å². The molecule has 108 valence electrons. The molecule has 0 unspecified atom stereocenters. The maximum atomic E-state index is 12.4. The first-order valence-electron chi connectivity index (χ1n) is 6.50. The minimum Gasteiger partial charge on any atom is -0.396 e. The largest absolute Gasteiger partial charge is 0.396 e. The second kappa shape index (κ2) is 6.01. The normalized spacial score (nSPS) is 11.1. The molecular weight excluding hydrogens is 304 g/mol. The van der Waals surface area contributed by atoms with Gasteiger partial charge in [-0.05, 0) is 11.6 Å². The summed E-state index contributed by atoms with van der Waals surface area (Å²) in [5, 5.41) is 10.2. The molecule has 0 amide bonds. The summed E-state index contributed by atoms with van der Waals surface area (Å²) in [6, 6.07) is 11.9. The molecule has 21 heavy (non-hydrogen) atoms. The number of aliphatic hydroxyl groups is 1. The molecule has 0 spiro atoms. The standard InChI is InChI=1S/C15H14N2O2S2/c1-17-14(19)11-9-12(10-5-3-2-4-6-10)21-13(11)16-15(17)20-8-7-18/h2-6,9,18H,7-8H2,1H3. The van der Waals surface area contributed by atoms with Gasteiger partial charge in [0.2, 0.25) is 0 Å². The molecule has 0 fully saturated rings. The van der Waals surface area contributed by atoms with E-state index < -0.39 is 0 Å². The highest BCUT2D eigenvalue weighted by Crippen LogP contribution is 2.31. The van der Waals surface area contributed by atoms with E-state index in [-0.39, 0.29) is 12.2 Å². The molecule has 3 rings (SSSR count). The summed E-state index contributed by atoms with van der Waals surface area (Å²) < 4.78 is 1.55. The van der Waals surface area contributed by atoms with Crippen LogP contribution < -0.4 is 5.56 Å². The van der Waals surface area contributed by atoms with E-state index in [9.17, 15) is 4.79 Å². The molecule has 6 heteroatoms. The lowest BCUT2D eigenvalue weighted by Crippen LogP contribution is -2.19. The number of aliphatic hydroxyl groups excluding tert-OH is 1. The van der Waals surface area contributed by atoms with Crippen molar-refractivity contribution < 1.29 is 5.11 Å². The van der Waals surface area contributed by atoms with Crippen LogP contribution in [-0.2, 0) is 7.05 Å². The van der Waals surface area contributed by atoms with Crippen molar-refractivity contribution in [2.75, 3.05) is 12.4 Å². The topological polar surface area (TPSA) is 55.1 Å². The Morgan fingerprint density at radius 2 is 2.10 bits per heavy atom. The molecule has 0 saturated heterocycles. The zero-order chi connectivity index (χ0) is 14.8. The van der Waals surface area contributed by atoms with Crippen molar-refractivity contribution >= 4 is 33.3 Å². The van der Waals surface area contributed by atoms with Crippen molar-refractivity contribution in [3.05, 3.63) is 46.8 Å². The fourth-order valence-electron chi connectivity index (χ4n) is 2.06. The van der Waals surface area contributed by atoms with Crippen LogP contribution in [0.15, 0.2) is 46.3 Å². The smallest absolute Gasteiger partial charge is 0.262 e. The molecule has 0 aliphatic carbocycles. The molecule has 0 aliphatic heterocycles. The number of rotatable bonds is 4. The Labute approximate surface area is 130 Å². The van der Waals surface area contributed by atoms with Gasteiger partial charge < -0.3 is 5.11 Å². The van der Waals surface area contributed by atoms with Crippen molar-refractivity contribution in [3.63, 3.8) is 0 Å². The Kier molecular flexibility index (Phi) is 4.10. The average Bonchev–Trinajstić information content (AvgIpc) is 2.94. The van der Waals surface area contributed by atoms with Crippen LogP contribution in [0.1, 0.15) is 0 Å². The van der Waals surface area contributed by atoms with Crippen molar-refractivity contribution in [1.29, 1.82) is 0 Å². The van der Waals surface area contributed by atoms with Gasteiger partial charge in [-0.15, -0.1) is 11.3 Å². The molecule has 0 radical (unpaired) electrons. The minimum atomic E-state index is -0.0427. The fraction of sp³-hybridized carbons (Fsp3) is 0.200. The van der Waals surface area contributed by atoms with E-state index in [0.717, 1.165) is 15.3 Å². The van der Waals surface area contributed by atoms with Gasteiger partial charge in [0.15, 0.2) is 5.16 Å². The highest BCUT2D eigenvalue weighted by atomic mass is 32.2.